The molecule has 0 saturated carbocycles. The SMILES string of the molecule is Cc1ccc(COc2ccc(NC(=O)COc3cccc(C)c3)cc2)cc1. The van der Waals surface area contributed by atoms with E-state index in [9.17, 15) is 4.79 Å². The fourth-order valence-electron chi connectivity index (χ4n) is 2.54. The molecule has 138 valence electrons. The highest BCUT2D eigenvalue weighted by molar-refractivity contribution is 5.91. The predicted octanol–water partition coefficient (Wildman–Crippen LogP) is 4.90. The molecule has 0 fully saturated rings. The minimum absolute atomic E-state index is 0.0326. The summed E-state index contributed by atoms with van der Waals surface area (Å²) in [4.78, 5) is 12.0. The van der Waals surface area contributed by atoms with Gasteiger partial charge in [0.2, 0.25) is 0 Å². The van der Waals surface area contributed by atoms with Crippen molar-refractivity contribution >= 4 is 11.6 Å². The minimum atomic E-state index is -0.204. The number of carbonyl (C=O) groups excluding carboxylic acids is 1. The van der Waals surface area contributed by atoms with Crippen molar-refractivity contribution in [2.45, 2.75) is 20.5 Å². The van der Waals surface area contributed by atoms with Crippen LogP contribution in [0, 0.1) is 13.8 Å². The molecule has 0 radical (unpaired) electrons. The Morgan fingerprint density at radius 2 is 1.56 bits per heavy atom. The fourth-order valence-corrected chi connectivity index (χ4v) is 2.54. The molecule has 0 atom stereocenters. The molecule has 0 saturated heterocycles. The van der Waals surface area contributed by atoms with E-state index in [0.29, 0.717) is 18.0 Å². The maximum atomic E-state index is 12.0. The summed E-state index contributed by atoms with van der Waals surface area (Å²) in [5.74, 6) is 1.24. The lowest BCUT2D eigenvalue weighted by atomic mass is 10.2. The number of anilines is 1. The zero-order valence-corrected chi connectivity index (χ0v) is 15.6. The fraction of sp³-hybridized carbons (Fsp3) is 0.174. The lowest BCUT2D eigenvalue weighted by molar-refractivity contribution is -0.118. The minimum Gasteiger partial charge on any atom is -0.489 e. The monoisotopic (exact) mass is 361 g/mol. The summed E-state index contributed by atoms with van der Waals surface area (Å²) in [5.41, 5.74) is 4.14. The van der Waals surface area contributed by atoms with Crippen molar-refractivity contribution in [3.8, 4) is 11.5 Å². The topological polar surface area (TPSA) is 47.6 Å². The first-order valence-corrected chi connectivity index (χ1v) is 8.86. The van der Waals surface area contributed by atoms with Gasteiger partial charge >= 0.3 is 0 Å². The number of ether oxygens (including phenoxy) is 2. The van der Waals surface area contributed by atoms with E-state index in [1.807, 2.05) is 55.5 Å². The van der Waals surface area contributed by atoms with Gasteiger partial charge < -0.3 is 14.8 Å². The van der Waals surface area contributed by atoms with Crippen molar-refractivity contribution in [2.24, 2.45) is 0 Å². The van der Waals surface area contributed by atoms with Crippen LogP contribution in [0.3, 0.4) is 0 Å². The Labute approximate surface area is 159 Å². The first-order chi connectivity index (χ1) is 13.1. The zero-order valence-electron chi connectivity index (χ0n) is 15.6. The first kappa shape index (κ1) is 18.5. The van der Waals surface area contributed by atoms with E-state index in [2.05, 4.69) is 36.5 Å². The van der Waals surface area contributed by atoms with Gasteiger partial charge in [0.15, 0.2) is 6.61 Å². The molecule has 4 heteroatoms. The molecule has 0 aliphatic carbocycles. The molecule has 1 N–H and O–H groups in total. The lowest BCUT2D eigenvalue weighted by Gasteiger charge is -2.10. The molecule has 4 nitrogen and oxygen atoms in total. The van der Waals surface area contributed by atoms with Crippen molar-refractivity contribution in [3.63, 3.8) is 0 Å². The number of nitrogens with one attached hydrogen (secondary N) is 1. The first-order valence-electron chi connectivity index (χ1n) is 8.86. The maximum absolute atomic E-state index is 12.0. The molecule has 3 rings (SSSR count). The van der Waals surface area contributed by atoms with Crippen LogP contribution >= 0.6 is 0 Å². The van der Waals surface area contributed by atoms with Crippen LogP contribution in [-0.4, -0.2) is 12.5 Å². The molecule has 0 heterocycles. The van der Waals surface area contributed by atoms with Crippen LogP contribution in [0.2, 0.25) is 0 Å². The van der Waals surface area contributed by atoms with E-state index in [1.165, 1.54) is 5.56 Å². The third kappa shape index (κ3) is 5.89. The molecule has 0 bridgehead atoms. The van der Waals surface area contributed by atoms with E-state index < -0.39 is 0 Å². The van der Waals surface area contributed by atoms with E-state index in [-0.39, 0.29) is 12.5 Å². The van der Waals surface area contributed by atoms with Crippen molar-refractivity contribution in [2.75, 3.05) is 11.9 Å². The Hall–Kier alpha value is -3.27. The Bertz CT molecular complexity index is 886. The van der Waals surface area contributed by atoms with Gasteiger partial charge in [0.1, 0.15) is 18.1 Å². The van der Waals surface area contributed by atoms with Crippen LogP contribution in [0.15, 0.2) is 72.8 Å². The van der Waals surface area contributed by atoms with Gasteiger partial charge in [-0.25, -0.2) is 0 Å². The second kappa shape index (κ2) is 8.90. The van der Waals surface area contributed by atoms with Crippen LogP contribution in [0.25, 0.3) is 0 Å². The molecule has 0 unspecified atom stereocenters. The average molecular weight is 361 g/mol. The van der Waals surface area contributed by atoms with Gasteiger partial charge in [0, 0.05) is 5.69 Å². The zero-order chi connectivity index (χ0) is 19.1. The average Bonchev–Trinajstić information content (AvgIpc) is 2.67. The van der Waals surface area contributed by atoms with E-state index in [0.717, 1.165) is 16.9 Å². The third-order valence-corrected chi connectivity index (χ3v) is 4.02. The molecule has 0 aliphatic rings. The Morgan fingerprint density at radius 1 is 0.815 bits per heavy atom. The van der Waals surface area contributed by atoms with Crippen LogP contribution < -0.4 is 14.8 Å². The van der Waals surface area contributed by atoms with Crippen LogP contribution in [-0.2, 0) is 11.4 Å². The summed E-state index contributed by atoms with van der Waals surface area (Å²) in [7, 11) is 0. The normalized spacial score (nSPS) is 10.3. The van der Waals surface area contributed by atoms with Gasteiger partial charge in [-0.1, -0.05) is 42.0 Å². The van der Waals surface area contributed by atoms with Gasteiger partial charge in [-0.3, -0.25) is 4.79 Å². The van der Waals surface area contributed by atoms with Crippen LogP contribution in [0.5, 0.6) is 11.5 Å². The maximum Gasteiger partial charge on any atom is 0.262 e. The van der Waals surface area contributed by atoms with Crippen molar-refractivity contribution in [1.29, 1.82) is 0 Å². The highest BCUT2D eigenvalue weighted by atomic mass is 16.5. The highest BCUT2D eigenvalue weighted by Gasteiger charge is 2.04. The third-order valence-electron chi connectivity index (χ3n) is 4.02. The molecule has 0 aliphatic heterocycles. The van der Waals surface area contributed by atoms with Gasteiger partial charge in [-0.05, 0) is 61.4 Å². The second-order valence-electron chi connectivity index (χ2n) is 6.45. The summed E-state index contributed by atoms with van der Waals surface area (Å²) in [5, 5.41) is 2.81. The van der Waals surface area contributed by atoms with Gasteiger partial charge in [0.05, 0.1) is 0 Å². The lowest BCUT2D eigenvalue weighted by Crippen LogP contribution is -2.20. The second-order valence-corrected chi connectivity index (χ2v) is 6.45. The molecule has 27 heavy (non-hydrogen) atoms. The number of hydrogen-bond donors (Lipinski definition) is 1. The largest absolute Gasteiger partial charge is 0.489 e. The summed E-state index contributed by atoms with van der Waals surface area (Å²) < 4.78 is 11.3. The molecule has 1 amide bonds. The van der Waals surface area contributed by atoms with E-state index in [4.69, 9.17) is 9.47 Å². The van der Waals surface area contributed by atoms with Crippen molar-refractivity contribution < 1.29 is 14.3 Å². The summed E-state index contributed by atoms with van der Waals surface area (Å²) >= 11 is 0. The standard InChI is InChI=1S/C23H23NO3/c1-17-6-8-19(9-7-17)15-26-21-12-10-20(11-13-21)24-23(25)16-27-22-5-3-4-18(2)14-22/h3-14H,15-16H2,1-2H3,(H,24,25). The molecule has 3 aromatic rings. The highest BCUT2D eigenvalue weighted by Crippen LogP contribution is 2.18. The van der Waals surface area contributed by atoms with Gasteiger partial charge in [-0.15, -0.1) is 0 Å². The van der Waals surface area contributed by atoms with Crippen LogP contribution in [0.1, 0.15) is 16.7 Å². The number of benzene rings is 3. The quantitative estimate of drug-likeness (QED) is 0.651. The summed E-state index contributed by atoms with van der Waals surface area (Å²) in [6.07, 6.45) is 0. The van der Waals surface area contributed by atoms with E-state index >= 15 is 0 Å². The molecule has 3 aromatic carbocycles. The van der Waals surface area contributed by atoms with Crippen molar-refractivity contribution in [3.05, 3.63) is 89.5 Å². The molecular weight excluding hydrogens is 338 g/mol. The Balaban J connectivity index is 1.46. The van der Waals surface area contributed by atoms with Gasteiger partial charge in [0.25, 0.3) is 5.91 Å². The smallest absolute Gasteiger partial charge is 0.262 e. The predicted molar refractivity (Wildman–Crippen MR) is 107 cm³/mol. The number of hydrogen-bond acceptors (Lipinski definition) is 3. The molecular formula is C23H23NO3. The molecule has 0 aromatic heterocycles. The summed E-state index contributed by atoms with van der Waals surface area (Å²) in [6.45, 7) is 4.52. The number of amides is 1. The van der Waals surface area contributed by atoms with Gasteiger partial charge in [-0.2, -0.15) is 0 Å². The number of aryl methyl sites for hydroxylation is 2. The van der Waals surface area contributed by atoms with E-state index in [1.54, 1.807) is 0 Å². The summed E-state index contributed by atoms with van der Waals surface area (Å²) in [6, 6.07) is 23.2. The number of carbonyl (C=O) groups is 1. The Morgan fingerprint density at radius 3 is 2.26 bits per heavy atom. The Kier molecular flexibility index (Phi) is 6.10. The molecule has 0 spiro atoms. The number of rotatable bonds is 7. The van der Waals surface area contributed by atoms with Crippen molar-refractivity contribution in [1.82, 2.24) is 0 Å². The van der Waals surface area contributed by atoms with Crippen LogP contribution in [0.4, 0.5) is 5.69 Å².